The number of nitrogens with zero attached hydrogens (tertiary/aromatic N) is 1. The maximum Gasteiger partial charge on any atom is 0.257 e. The first-order valence-electron chi connectivity index (χ1n) is 7.49. The van der Waals surface area contributed by atoms with Crippen LogP contribution in [0.25, 0.3) is 11.3 Å². The van der Waals surface area contributed by atoms with Gasteiger partial charge in [-0.05, 0) is 31.5 Å². The van der Waals surface area contributed by atoms with Crippen LogP contribution in [0.4, 0.5) is 0 Å². The first-order valence-corrected chi connectivity index (χ1v) is 7.49. The van der Waals surface area contributed by atoms with Crippen LogP contribution in [0.3, 0.4) is 0 Å². The maximum absolute atomic E-state index is 12.1. The summed E-state index contributed by atoms with van der Waals surface area (Å²) in [5.74, 6) is -0.182. The number of pyridine rings is 1. The number of rotatable bonds is 3. The second-order valence-electron chi connectivity index (χ2n) is 5.16. The summed E-state index contributed by atoms with van der Waals surface area (Å²) < 4.78 is 0. The molecule has 2 aromatic rings. The van der Waals surface area contributed by atoms with Crippen LogP contribution in [-0.2, 0) is 0 Å². The predicted octanol–water partition coefficient (Wildman–Crippen LogP) is 4.74. The summed E-state index contributed by atoms with van der Waals surface area (Å²) in [4.78, 5) is 16.5. The number of allylic oxidation sites excluding steroid dienone is 1. The Morgan fingerprint density at radius 2 is 1.82 bits per heavy atom. The van der Waals surface area contributed by atoms with Crippen molar-refractivity contribution in [2.75, 3.05) is 0 Å². The molecule has 1 heterocycles. The molecule has 116 valence electrons. The smallest absolute Gasteiger partial charge is 0.257 e. The topological polar surface area (TPSA) is 42.0 Å². The molecule has 0 aliphatic heterocycles. The van der Waals surface area contributed by atoms with Crippen molar-refractivity contribution in [1.82, 2.24) is 10.3 Å². The van der Waals surface area contributed by atoms with Crippen LogP contribution in [0, 0.1) is 6.92 Å². The molecule has 2 rings (SSSR count). The number of nitrogens with one attached hydrogen (secondary N) is 1. The molecular weight excluding hydrogens is 272 g/mol. The highest BCUT2D eigenvalue weighted by Crippen LogP contribution is 2.24. The lowest BCUT2D eigenvalue weighted by atomic mass is 10.0. The van der Waals surface area contributed by atoms with Crippen LogP contribution in [0.5, 0.6) is 0 Å². The minimum absolute atomic E-state index is 0.182. The third-order valence-electron chi connectivity index (χ3n) is 2.78. The molecule has 3 heteroatoms. The molecule has 0 aliphatic carbocycles. The summed E-state index contributed by atoms with van der Waals surface area (Å²) >= 11 is 0. The Morgan fingerprint density at radius 3 is 2.41 bits per heavy atom. The lowest BCUT2D eigenvalue weighted by Crippen LogP contribution is -2.21. The number of carbonyl (C=O) groups excluding carboxylic acids is 1. The minimum atomic E-state index is -0.182. The van der Waals surface area contributed by atoms with E-state index in [4.69, 9.17) is 0 Å². The first kappa shape index (κ1) is 17.6. The molecule has 0 atom stereocenters. The van der Waals surface area contributed by atoms with E-state index in [1.54, 1.807) is 25.3 Å². The zero-order chi connectivity index (χ0) is 16.5. The Bertz CT molecular complexity index is 647. The van der Waals surface area contributed by atoms with E-state index in [2.05, 4.69) is 30.7 Å². The summed E-state index contributed by atoms with van der Waals surface area (Å²) in [5.41, 5.74) is 3.92. The quantitative estimate of drug-likeness (QED) is 0.889. The lowest BCUT2D eigenvalue weighted by Gasteiger charge is -2.10. The molecule has 1 aromatic carbocycles. The highest BCUT2D eigenvalue weighted by molar-refractivity contribution is 6.00. The SMILES string of the molecule is C=C(C)NC(=O)c1cccnc1-c1ccccc1C.CCC. The zero-order valence-corrected chi connectivity index (χ0v) is 13.8. The van der Waals surface area contributed by atoms with Gasteiger partial charge in [-0.25, -0.2) is 0 Å². The molecule has 0 spiro atoms. The summed E-state index contributed by atoms with van der Waals surface area (Å²) in [6.45, 7) is 11.7. The number of carbonyl (C=O) groups is 1. The second-order valence-corrected chi connectivity index (χ2v) is 5.16. The second kappa shape index (κ2) is 8.78. The van der Waals surface area contributed by atoms with Crippen molar-refractivity contribution < 1.29 is 4.79 Å². The molecule has 3 nitrogen and oxygen atoms in total. The van der Waals surface area contributed by atoms with Crippen molar-refractivity contribution >= 4 is 5.91 Å². The van der Waals surface area contributed by atoms with E-state index >= 15 is 0 Å². The predicted molar refractivity (Wildman–Crippen MR) is 92.7 cm³/mol. The van der Waals surface area contributed by atoms with E-state index < -0.39 is 0 Å². The highest BCUT2D eigenvalue weighted by Gasteiger charge is 2.14. The molecule has 0 unspecified atom stereocenters. The number of hydrogen-bond donors (Lipinski definition) is 1. The molecule has 0 aliphatic rings. The average Bonchev–Trinajstić information content (AvgIpc) is 2.48. The fraction of sp³-hybridized carbons (Fsp3) is 0.263. The van der Waals surface area contributed by atoms with E-state index in [0.29, 0.717) is 17.0 Å². The van der Waals surface area contributed by atoms with Gasteiger partial charge in [0, 0.05) is 17.5 Å². The van der Waals surface area contributed by atoms with Crippen LogP contribution >= 0.6 is 0 Å². The fourth-order valence-corrected chi connectivity index (χ4v) is 1.90. The summed E-state index contributed by atoms with van der Waals surface area (Å²) in [5, 5.41) is 2.72. The molecule has 0 saturated heterocycles. The van der Waals surface area contributed by atoms with E-state index in [9.17, 15) is 4.79 Å². The van der Waals surface area contributed by atoms with E-state index in [1.807, 2.05) is 31.2 Å². The Balaban J connectivity index is 0.000000745. The molecule has 1 aromatic heterocycles. The Hall–Kier alpha value is -2.42. The molecule has 0 fully saturated rings. The van der Waals surface area contributed by atoms with Gasteiger partial charge in [0.25, 0.3) is 5.91 Å². The zero-order valence-electron chi connectivity index (χ0n) is 13.8. The highest BCUT2D eigenvalue weighted by atomic mass is 16.1. The Morgan fingerprint density at radius 1 is 1.18 bits per heavy atom. The van der Waals surface area contributed by atoms with Crippen molar-refractivity contribution in [3.05, 3.63) is 66.0 Å². The summed E-state index contributed by atoms with van der Waals surface area (Å²) in [7, 11) is 0. The van der Waals surface area contributed by atoms with Gasteiger partial charge in [0.1, 0.15) is 0 Å². The van der Waals surface area contributed by atoms with E-state index in [-0.39, 0.29) is 5.91 Å². The van der Waals surface area contributed by atoms with Gasteiger partial charge in [0.05, 0.1) is 11.3 Å². The average molecular weight is 296 g/mol. The molecule has 1 amide bonds. The van der Waals surface area contributed by atoms with E-state index in [1.165, 1.54) is 6.42 Å². The van der Waals surface area contributed by atoms with Crippen molar-refractivity contribution in [3.8, 4) is 11.3 Å². The third-order valence-corrected chi connectivity index (χ3v) is 2.78. The van der Waals surface area contributed by atoms with Crippen LogP contribution in [0.2, 0.25) is 0 Å². The van der Waals surface area contributed by atoms with Gasteiger partial charge < -0.3 is 5.32 Å². The van der Waals surface area contributed by atoms with Crippen LogP contribution in [0.1, 0.15) is 43.1 Å². The summed E-state index contributed by atoms with van der Waals surface area (Å²) in [6, 6.07) is 11.4. The van der Waals surface area contributed by atoms with E-state index in [0.717, 1.165) is 11.1 Å². The fourth-order valence-electron chi connectivity index (χ4n) is 1.90. The minimum Gasteiger partial charge on any atom is -0.327 e. The molecular formula is C19H24N2O. The molecule has 1 N–H and O–H groups in total. The molecule has 0 bridgehead atoms. The maximum atomic E-state index is 12.1. The Kier molecular flexibility index (Phi) is 7.03. The number of hydrogen-bond acceptors (Lipinski definition) is 2. The van der Waals surface area contributed by atoms with Gasteiger partial charge in [-0.2, -0.15) is 0 Å². The van der Waals surface area contributed by atoms with Crippen LogP contribution < -0.4 is 5.32 Å². The Labute approximate surface area is 133 Å². The van der Waals surface area contributed by atoms with Gasteiger partial charge in [-0.15, -0.1) is 0 Å². The van der Waals surface area contributed by atoms with Crippen LogP contribution in [0.15, 0.2) is 54.9 Å². The van der Waals surface area contributed by atoms with Crippen molar-refractivity contribution in [2.24, 2.45) is 0 Å². The van der Waals surface area contributed by atoms with Crippen LogP contribution in [-0.4, -0.2) is 10.9 Å². The summed E-state index contributed by atoms with van der Waals surface area (Å²) in [6.07, 6.45) is 2.94. The molecule has 0 saturated carbocycles. The number of amides is 1. The first-order chi connectivity index (χ1) is 10.5. The van der Waals surface area contributed by atoms with Gasteiger partial charge in [0.15, 0.2) is 0 Å². The van der Waals surface area contributed by atoms with Gasteiger partial charge in [0.2, 0.25) is 0 Å². The van der Waals surface area contributed by atoms with Crippen molar-refractivity contribution in [1.29, 1.82) is 0 Å². The van der Waals surface area contributed by atoms with Crippen molar-refractivity contribution in [3.63, 3.8) is 0 Å². The van der Waals surface area contributed by atoms with Gasteiger partial charge in [-0.3, -0.25) is 9.78 Å². The molecule has 0 radical (unpaired) electrons. The van der Waals surface area contributed by atoms with Gasteiger partial charge in [-0.1, -0.05) is 51.1 Å². The number of aryl methyl sites for hydroxylation is 1. The lowest BCUT2D eigenvalue weighted by molar-refractivity contribution is 0.0966. The van der Waals surface area contributed by atoms with Crippen molar-refractivity contribution in [2.45, 2.75) is 34.1 Å². The number of benzene rings is 1. The third kappa shape index (κ3) is 4.85. The van der Waals surface area contributed by atoms with Gasteiger partial charge >= 0.3 is 0 Å². The molecule has 22 heavy (non-hydrogen) atoms. The monoisotopic (exact) mass is 296 g/mol. The largest absolute Gasteiger partial charge is 0.327 e. The standard InChI is InChI=1S/C16H16N2O.C3H8/c1-11(2)18-16(19)14-9-6-10-17-15(14)13-8-5-4-7-12(13)3;1-3-2/h4-10H,1H2,2-3H3,(H,18,19);3H2,1-2H3. The normalized spacial score (nSPS) is 9.45. The number of aromatic nitrogens is 1.